The summed E-state index contributed by atoms with van der Waals surface area (Å²) >= 11 is 0. The minimum absolute atomic E-state index is 0.122. The zero-order valence-electron chi connectivity index (χ0n) is 12.3. The van der Waals surface area contributed by atoms with Crippen molar-refractivity contribution < 1.29 is 13.2 Å². The van der Waals surface area contributed by atoms with Gasteiger partial charge in [-0.05, 0) is 32.0 Å². The van der Waals surface area contributed by atoms with Crippen LogP contribution in [0.1, 0.15) is 24.2 Å². The lowest BCUT2D eigenvalue weighted by atomic mass is 10.2. The zero-order valence-corrected chi connectivity index (χ0v) is 13.1. The number of hydrogen-bond donors (Lipinski definition) is 2. The lowest BCUT2D eigenvalue weighted by Gasteiger charge is -2.27. The molecule has 1 fully saturated rings. The van der Waals surface area contributed by atoms with E-state index in [0.717, 1.165) is 13.1 Å². The summed E-state index contributed by atoms with van der Waals surface area (Å²) in [5.41, 5.74) is 0.406. The first kappa shape index (κ1) is 15.9. The van der Waals surface area contributed by atoms with Gasteiger partial charge in [0.1, 0.15) is 0 Å². The van der Waals surface area contributed by atoms with Crippen molar-refractivity contribution in [2.75, 3.05) is 26.2 Å². The molecule has 1 aromatic rings. The number of hydrogen-bond acceptors (Lipinski definition) is 4. The van der Waals surface area contributed by atoms with E-state index in [1.165, 1.54) is 12.1 Å². The van der Waals surface area contributed by atoms with Crippen molar-refractivity contribution in [2.24, 2.45) is 0 Å². The van der Waals surface area contributed by atoms with Crippen molar-refractivity contribution >= 4 is 15.9 Å². The summed E-state index contributed by atoms with van der Waals surface area (Å²) < 4.78 is 26.8. The molecule has 21 heavy (non-hydrogen) atoms. The molecule has 1 aliphatic rings. The average Bonchev–Trinajstić information content (AvgIpc) is 2.46. The highest BCUT2D eigenvalue weighted by Crippen LogP contribution is 2.14. The third-order valence-electron chi connectivity index (χ3n) is 3.19. The fourth-order valence-electron chi connectivity index (χ4n) is 2.23. The Morgan fingerprint density at radius 1 is 1.29 bits per heavy atom. The molecule has 2 N–H and O–H groups in total. The van der Waals surface area contributed by atoms with Crippen LogP contribution in [0.25, 0.3) is 0 Å². The molecule has 2 rings (SSSR count). The smallest absolute Gasteiger partial charge is 0.253 e. The summed E-state index contributed by atoms with van der Waals surface area (Å²) in [6.07, 6.45) is 0. The van der Waals surface area contributed by atoms with E-state index in [4.69, 9.17) is 0 Å². The fourth-order valence-corrected chi connectivity index (χ4v) is 3.52. The molecule has 0 atom stereocenters. The third kappa shape index (κ3) is 4.03. The number of amides is 1. The first-order valence-electron chi connectivity index (χ1n) is 7.02. The van der Waals surface area contributed by atoms with E-state index in [9.17, 15) is 13.2 Å². The van der Waals surface area contributed by atoms with Crippen molar-refractivity contribution in [1.82, 2.24) is 14.9 Å². The molecule has 1 amide bonds. The molecule has 0 spiro atoms. The Bertz CT molecular complexity index is 608. The predicted octanol–water partition coefficient (Wildman–Crippen LogP) is 0.419. The van der Waals surface area contributed by atoms with E-state index in [2.05, 4.69) is 10.0 Å². The summed E-state index contributed by atoms with van der Waals surface area (Å²) in [6.45, 7) is 6.32. The monoisotopic (exact) mass is 311 g/mol. The van der Waals surface area contributed by atoms with Crippen LogP contribution in [-0.4, -0.2) is 51.4 Å². The maximum Gasteiger partial charge on any atom is 0.253 e. The standard InChI is InChI=1S/C14H21N3O3S/c1-11(2)16-21(19,20)13-5-3-4-12(10-13)14(18)17-8-6-15-7-9-17/h3-5,10-11,15-16H,6-9H2,1-2H3. The molecule has 0 bridgehead atoms. The number of nitrogens with zero attached hydrogens (tertiary/aromatic N) is 1. The molecule has 0 unspecified atom stereocenters. The summed E-state index contributed by atoms with van der Waals surface area (Å²) in [6, 6.07) is 6.00. The second kappa shape index (κ2) is 6.55. The van der Waals surface area contributed by atoms with Crippen LogP contribution in [0.4, 0.5) is 0 Å². The van der Waals surface area contributed by atoms with Gasteiger partial charge in [0.2, 0.25) is 10.0 Å². The normalized spacial score (nSPS) is 16.2. The number of benzene rings is 1. The Hall–Kier alpha value is -1.44. The van der Waals surface area contributed by atoms with Crippen LogP contribution < -0.4 is 10.0 Å². The van der Waals surface area contributed by atoms with Crippen LogP contribution in [0, 0.1) is 0 Å². The number of nitrogens with one attached hydrogen (secondary N) is 2. The number of piperazine rings is 1. The fraction of sp³-hybridized carbons (Fsp3) is 0.500. The van der Waals surface area contributed by atoms with E-state index < -0.39 is 10.0 Å². The molecule has 0 saturated carbocycles. The average molecular weight is 311 g/mol. The van der Waals surface area contributed by atoms with Crippen LogP contribution in [0.3, 0.4) is 0 Å². The summed E-state index contributed by atoms with van der Waals surface area (Å²) in [5.74, 6) is -0.127. The topological polar surface area (TPSA) is 78.5 Å². The Labute approximate surface area is 125 Å². The van der Waals surface area contributed by atoms with Gasteiger partial charge in [-0.2, -0.15) is 0 Å². The van der Waals surface area contributed by atoms with Gasteiger partial charge in [0.25, 0.3) is 5.91 Å². The summed E-state index contributed by atoms with van der Waals surface area (Å²) in [7, 11) is -3.58. The van der Waals surface area contributed by atoms with Crippen molar-refractivity contribution in [3.63, 3.8) is 0 Å². The van der Waals surface area contributed by atoms with Gasteiger partial charge in [-0.25, -0.2) is 13.1 Å². The molecular weight excluding hydrogens is 290 g/mol. The Kier molecular flexibility index (Phi) is 4.97. The SMILES string of the molecule is CC(C)NS(=O)(=O)c1cccc(C(=O)N2CCNCC2)c1. The molecule has 0 aromatic heterocycles. The summed E-state index contributed by atoms with van der Waals surface area (Å²) in [5, 5.41) is 3.18. The second-order valence-corrected chi connectivity index (χ2v) is 7.06. The number of carbonyl (C=O) groups is 1. The first-order valence-corrected chi connectivity index (χ1v) is 8.51. The van der Waals surface area contributed by atoms with Crippen molar-refractivity contribution in [2.45, 2.75) is 24.8 Å². The van der Waals surface area contributed by atoms with Gasteiger partial charge in [0, 0.05) is 37.8 Å². The molecule has 0 radical (unpaired) electrons. The van der Waals surface area contributed by atoms with Gasteiger partial charge >= 0.3 is 0 Å². The summed E-state index contributed by atoms with van der Waals surface area (Å²) in [4.78, 5) is 14.2. The van der Waals surface area contributed by atoms with Gasteiger partial charge in [-0.1, -0.05) is 6.07 Å². The van der Waals surface area contributed by atoms with Crippen LogP contribution in [0.15, 0.2) is 29.2 Å². The highest BCUT2D eigenvalue weighted by molar-refractivity contribution is 7.89. The van der Waals surface area contributed by atoms with Crippen molar-refractivity contribution in [1.29, 1.82) is 0 Å². The van der Waals surface area contributed by atoms with E-state index in [0.29, 0.717) is 18.7 Å². The lowest BCUT2D eigenvalue weighted by molar-refractivity contribution is 0.0735. The van der Waals surface area contributed by atoms with E-state index in [1.807, 2.05) is 0 Å². The molecular formula is C14H21N3O3S. The Morgan fingerprint density at radius 2 is 1.95 bits per heavy atom. The predicted molar refractivity (Wildman–Crippen MR) is 80.7 cm³/mol. The molecule has 1 aliphatic heterocycles. The largest absolute Gasteiger partial charge is 0.336 e. The van der Waals surface area contributed by atoms with Crippen LogP contribution in [0.5, 0.6) is 0 Å². The van der Waals surface area contributed by atoms with Gasteiger partial charge in [0.15, 0.2) is 0 Å². The van der Waals surface area contributed by atoms with Crippen molar-refractivity contribution in [3.05, 3.63) is 29.8 Å². The third-order valence-corrected chi connectivity index (χ3v) is 4.84. The Balaban J connectivity index is 2.23. The minimum atomic E-state index is -3.58. The molecule has 7 heteroatoms. The highest BCUT2D eigenvalue weighted by atomic mass is 32.2. The van der Waals surface area contributed by atoms with Gasteiger partial charge < -0.3 is 10.2 Å². The Morgan fingerprint density at radius 3 is 2.57 bits per heavy atom. The maximum absolute atomic E-state index is 12.4. The number of rotatable bonds is 4. The van der Waals surface area contributed by atoms with Gasteiger partial charge in [-0.3, -0.25) is 4.79 Å². The van der Waals surface area contributed by atoms with Gasteiger partial charge in [-0.15, -0.1) is 0 Å². The molecule has 116 valence electrons. The molecule has 6 nitrogen and oxygen atoms in total. The maximum atomic E-state index is 12.4. The van der Waals surface area contributed by atoms with Gasteiger partial charge in [0.05, 0.1) is 4.90 Å². The number of carbonyl (C=O) groups excluding carboxylic acids is 1. The minimum Gasteiger partial charge on any atom is -0.336 e. The number of sulfonamides is 1. The van der Waals surface area contributed by atoms with Crippen LogP contribution in [0.2, 0.25) is 0 Å². The zero-order chi connectivity index (χ0) is 15.5. The quantitative estimate of drug-likeness (QED) is 0.845. The molecule has 0 aliphatic carbocycles. The van der Waals surface area contributed by atoms with E-state index in [-0.39, 0.29) is 16.8 Å². The van der Waals surface area contributed by atoms with Crippen molar-refractivity contribution in [3.8, 4) is 0 Å². The van der Waals surface area contributed by atoms with Crippen LogP contribution >= 0.6 is 0 Å². The molecule has 1 saturated heterocycles. The molecule has 1 heterocycles. The highest BCUT2D eigenvalue weighted by Gasteiger charge is 2.21. The molecule has 1 aromatic carbocycles. The lowest BCUT2D eigenvalue weighted by Crippen LogP contribution is -2.46. The second-order valence-electron chi connectivity index (χ2n) is 5.35. The van der Waals surface area contributed by atoms with E-state index in [1.54, 1.807) is 30.9 Å². The van der Waals surface area contributed by atoms with E-state index >= 15 is 0 Å². The van der Waals surface area contributed by atoms with Crippen LogP contribution in [-0.2, 0) is 10.0 Å². The first-order chi connectivity index (χ1) is 9.90.